The van der Waals surface area contributed by atoms with Crippen molar-refractivity contribution in [2.24, 2.45) is 0 Å². The van der Waals surface area contributed by atoms with Gasteiger partial charge >= 0.3 is 18.1 Å². The molecular weight excluding hydrogens is 275 g/mol. The molecule has 0 aliphatic carbocycles. The van der Waals surface area contributed by atoms with Crippen molar-refractivity contribution >= 4 is 28.2 Å². The van der Waals surface area contributed by atoms with Crippen molar-refractivity contribution in [2.45, 2.75) is 12.6 Å². The number of carbonyl (C=O) groups excluding carboxylic acids is 1. The van der Waals surface area contributed by atoms with E-state index < -0.39 is 18.1 Å². The number of carbonyl (C=O) groups is 2. The van der Waals surface area contributed by atoms with E-state index >= 15 is 0 Å². The summed E-state index contributed by atoms with van der Waals surface area (Å²) in [6.07, 6.45) is -4.96. The van der Waals surface area contributed by atoms with Crippen LogP contribution in [-0.4, -0.2) is 34.7 Å². The van der Waals surface area contributed by atoms with Gasteiger partial charge < -0.3 is 16.2 Å². The number of nitrogens with zero attached hydrogens (tertiary/aromatic N) is 1. The van der Waals surface area contributed by atoms with E-state index in [0.29, 0.717) is 0 Å². The fourth-order valence-electron chi connectivity index (χ4n) is 1.02. The third-order valence-electron chi connectivity index (χ3n) is 1.78. The zero-order valence-corrected chi connectivity index (χ0v) is 9.56. The summed E-state index contributed by atoms with van der Waals surface area (Å²) in [7, 11) is 0. The number of anilines is 1. The molecule has 0 bridgehead atoms. The van der Waals surface area contributed by atoms with Gasteiger partial charge in [-0.3, -0.25) is 4.79 Å². The Morgan fingerprint density at radius 1 is 1.44 bits per heavy atom. The minimum atomic E-state index is -4.94. The molecule has 0 saturated carbocycles. The van der Waals surface area contributed by atoms with Crippen LogP contribution in [0.3, 0.4) is 0 Å². The number of aromatic carboxylic acids is 1. The second-order valence-electron chi connectivity index (χ2n) is 3.13. The zero-order chi connectivity index (χ0) is 13.9. The first-order valence-corrected chi connectivity index (χ1v) is 5.37. The molecule has 1 aromatic heterocycles. The second-order valence-corrected chi connectivity index (χ2v) is 4.24. The number of nitrogens with one attached hydrogen (secondary N) is 1. The molecule has 0 saturated heterocycles. The Labute approximate surface area is 103 Å². The maximum absolute atomic E-state index is 11.8. The number of nitrogen functional groups attached to an aromatic ring is 1. The molecule has 100 valence electrons. The molecular formula is C8H8F3N3O3S. The van der Waals surface area contributed by atoms with Crippen LogP contribution >= 0.6 is 11.3 Å². The van der Waals surface area contributed by atoms with Gasteiger partial charge in [0.25, 0.3) is 0 Å². The molecule has 0 aromatic carbocycles. The molecule has 1 amide bonds. The Bertz CT molecular complexity index is 472. The lowest BCUT2D eigenvalue weighted by Crippen LogP contribution is -2.37. The molecule has 0 fully saturated rings. The highest BCUT2D eigenvalue weighted by molar-refractivity contribution is 7.15. The van der Waals surface area contributed by atoms with Crippen molar-refractivity contribution in [3.8, 4) is 0 Å². The average Bonchev–Trinajstić information content (AvgIpc) is 2.58. The lowest BCUT2D eigenvalue weighted by atomic mass is 10.4. The SMILES string of the molecule is Nc1sc(CCNC(=O)C(F)(F)F)nc1C(=O)O. The van der Waals surface area contributed by atoms with Crippen LogP contribution in [0.1, 0.15) is 15.5 Å². The van der Waals surface area contributed by atoms with Crippen molar-refractivity contribution < 1.29 is 27.9 Å². The van der Waals surface area contributed by atoms with E-state index in [1.807, 2.05) is 0 Å². The predicted octanol–water partition coefficient (Wildman–Crippen LogP) is 0.644. The number of alkyl halides is 3. The maximum Gasteiger partial charge on any atom is 0.471 e. The highest BCUT2D eigenvalue weighted by atomic mass is 32.1. The first-order valence-electron chi connectivity index (χ1n) is 4.55. The Morgan fingerprint density at radius 2 is 2.06 bits per heavy atom. The van der Waals surface area contributed by atoms with Gasteiger partial charge in [-0.25, -0.2) is 9.78 Å². The fourth-order valence-corrected chi connectivity index (χ4v) is 1.85. The van der Waals surface area contributed by atoms with E-state index in [2.05, 4.69) is 4.98 Å². The summed E-state index contributed by atoms with van der Waals surface area (Å²) in [4.78, 5) is 24.7. The van der Waals surface area contributed by atoms with Crippen LogP contribution in [0.2, 0.25) is 0 Å². The third kappa shape index (κ3) is 3.58. The molecule has 0 spiro atoms. The Hall–Kier alpha value is -1.84. The van der Waals surface area contributed by atoms with Gasteiger partial charge in [0, 0.05) is 13.0 Å². The minimum Gasteiger partial charge on any atom is -0.476 e. The molecule has 0 unspecified atom stereocenters. The van der Waals surface area contributed by atoms with Gasteiger partial charge in [-0.05, 0) is 0 Å². The average molecular weight is 283 g/mol. The lowest BCUT2D eigenvalue weighted by molar-refractivity contribution is -0.173. The van der Waals surface area contributed by atoms with Crippen LogP contribution < -0.4 is 11.1 Å². The van der Waals surface area contributed by atoms with E-state index in [9.17, 15) is 22.8 Å². The first-order chi connectivity index (χ1) is 8.21. The Kier molecular flexibility index (Phi) is 4.11. The normalized spacial score (nSPS) is 11.3. The van der Waals surface area contributed by atoms with E-state index in [0.717, 1.165) is 11.3 Å². The number of carboxylic acids is 1. The molecule has 0 atom stereocenters. The fraction of sp³-hybridized carbons (Fsp3) is 0.375. The standard InChI is InChI=1S/C8H8F3N3O3S/c9-8(10,11)7(17)13-2-1-3-14-4(6(15)16)5(12)18-3/h1-2,12H2,(H,13,17)(H,15,16). The van der Waals surface area contributed by atoms with Gasteiger partial charge in [-0.1, -0.05) is 0 Å². The molecule has 1 heterocycles. The summed E-state index contributed by atoms with van der Waals surface area (Å²) in [5, 5.41) is 10.5. The van der Waals surface area contributed by atoms with Gasteiger partial charge in [0.2, 0.25) is 0 Å². The zero-order valence-electron chi connectivity index (χ0n) is 8.74. The summed E-state index contributed by atoms with van der Waals surface area (Å²) in [5.41, 5.74) is 5.01. The third-order valence-corrected chi connectivity index (χ3v) is 2.73. The van der Waals surface area contributed by atoms with Crippen molar-refractivity contribution in [3.63, 3.8) is 0 Å². The molecule has 0 aliphatic heterocycles. The molecule has 1 rings (SSSR count). The summed E-state index contributed by atoms with van der Waals surface area (Å²) in [5.74, 6) is -3.36. The summed E-state index contributed by atoms with van der Waals surface area (Å²) in [6, 6.07) is 0. The van der Waals surface area contributed by atoms with Gasteiger partial charge in [-0.2, -0.15) is 13.2 Å². The number of thiazole rings is 1. The minimum absolute atomic E-state index is 0.0238. The predicted molar refractivity (Wildman–Crippen MR) is 56.3 cm³/mol. The van der Waals surface area contributed by atoms with Crippen LogP contribution in [0.4, 0.5) is 18.2 Å². The Morgan fingerprint density at radius 3 is 2.50 bits per heavy atom. The molecule has 1 aromatic rings. The molecule has 4 N–H and O–H groups in total. The number of amides is 1. The van der Waals surface area contributed by atoms with Crippen molar-refractivity contribution in [2.75, 3.05) is 12.3 Å². The molecule has 0 radical (unpaired) electrons. The van der Waals surface area contributed by atoms with Gasteiger partial charge in [0.1, 0.15) is 5.00 Å². The number of rotatable bonds is 4. The van der Waals surface area contributed by atoms with Crippen molar-refractivity contribution in [1.82, 2.24) is 10.3 Å². The maximum atomic E-state index is 11.8. The summed E-state index contributed by atoms with van der Waals surface area (Å²) >= 11 is 0.855. The quantitative estimate of drug-likeness (QED) is 0.752. The van der Waals surface area contributed by atoms with Crippen LogP contribution in [0.5, 0.6) is 0 Å². The van der Waals surface area contributed by atoms with Crippen LogP contribution in [-0.2, 0) is 11.2 Å². The van der Waals surface area contributed by atoms with Gasteiger partial charge in [0.15, 0.2) is 5.69 Å². The summed E-state index contributed by atoms with van der Waals surface area (Å²) in [6.45, 7) is -0.301. The molecule has 6 nitrogen and oxygen atoms in total. The van der Waals surface area contributed by atoms with Crippen molar-refractivity contribution in [1.29, 1.82) is 0 Å². The second kappa shape index (κ2) is 5.21. The first kappa shape index (κ1) is 14.2. The smallest absolute Gasteiger partial charge is 0.471 e. The topological polar surface area (TPSA) is 105 Å². The monoisotopic (exact) mass is 283 g/mol. The highest BCUT2D eigenvalue weighted by Crippen LogP contribution is 2.21. The van der Waals surface area contributed by atoms with E-state index in [4.69, 9.17) is 10.8 Å². The van der Waals surface area contributed by atoms with Crippen molar-refractivity contribution in [3.05, 3.63) is 10.7 Å². The lowest BCUT2D eigenvalue weighted by Gasteiger charge is -2.06. The van der Waals surface area contributed by atoms with Crippen LogP contribution in [0.15, 0.2) is 0 Å². The van der Waals surface area contributed by atoms with E-state index in [1.54, 1.807) is 5.32 Å². The molecule has 0 aliphatic rings. The number of aromatic nitrogens is 1. The van der Waals surface area contributed by atoms with E-state index in [1.165, 1.54) is 0 Å². The van der Waals surface area contributed by atoms with Gasteiger partial charge in [0.05, 0.1) is 5.01 Å². The number of hydrogen-bond acceptors (Lipinski definition) is 5. The number of halogens is 3. The largest absolute Gasteiger partial charge is 0.476 e. The number of nitrogens with two attached hydrogens (primary N) is 1. The van der Waals surface area contributed by atoms with Crippen LogP contribution in [0.25, 0.3) is 0 Å². The summed E-state index contributed by atoms with van der Waals surface area (Å²) < 4.78 is 35.5. The van der Waals surface area contributed by atoms with Crippen LogP contribution in [0, 0.1) is 0 Å². The van der Waals surface area contributed by atoms with Gasteiger partial charge in [-0.15, -0.1) is 11.3 Å². The van der Waals surface area contributed by atoms with E-state index in [-0.39, 0.29) is 28.7 Å². The molecule has 18 heavy (non-hydrogen) atoms. The Balaban J connectivity index is 2.53. The molecule has 10 heteroatoms. The number of hydrogen-bond donors (Lipinski definition) is 3. The highest BCUT2D eigenvalue weighted by Gasteiger charge is 2.38. The number of carboxylic acid groups (broad SMARTS) is 1.